The highest BCUT2D eigenvalue weighted by atomic mass is 19.4. The van der Waals surface area contributed by atoms with Crippen LogP contribution in [-0.2, 0) is 12.4 Å². The normalized spacial score (nSPS) is 12.7. The lowest BCUT2D eigenvalue weighted by molar-refractivity contribution is -0.163. The van der Waals surface area contributed by atoms with Gasteiger partial charge in [0.1, 0.15) is 11.3 Å². The molecular formula is C8H5F6NO. The Balaban J connectivity index is 3.51. The third-order valence-corrected chi connectivity index (χ3v) is 1.72. The van der Waals surface area contributed by atoms with Crippen molar-refractivity contribution in [3.05, 3.63) is 23.5 Å². The summed E-state index contributed by atoms with van der Waals surface area (Å²) in [6.07, 6.45) is -9.59. The number of ether oxygens (including phenoxy) is 1. The average molecular weight is 245 g/mol. The van der Waals surface area contributed by atoms with Gasteiger partial charge in [-0.3, -0.25) is 4.98 Å². The van der Waals surface area contributed by atoms with Gasteiger partial charge in [-0.05, 0) is 0 Å². The second-order valence-corrected chi connectivity index (χ2v) is 2.76. The molecule has 0 unspecified atom stereocenters. The summed E-state index contributed by atoms with van der Waals surface area (Å²) in [4.78, 5) is 3.05. The molecule has 1 rings (SSSR count). The summed E-state index contributed by atoms with van der Waals surface area (Å²) >= 11 is 0. The summed E-state index contributed by atoms with van der Waals surface area (Å²) < 4.78 is 78.4. The number of nitrogens with zero attached hydrogens (tertiary/aromatic N) is 1. The van der Waals surface area contributed by atoms with E-state index in [1.165, 1.54) is 0 Å². The van der Waals surface area contributed by atoms with Gasteiger partial charge in [0.25, 0.3) is 0 Å². The monoisotopic (exact) mass is 245 g/mol. The van der Waals surface area contributed by atoms with Crippen molar-refractivity contribution < 1.29 is 31.1 Å². The highest BCUT2D eigenvalue weighted by Crippen LogP contribution is 2.43. The van der Waals surface area contributed by atoms with Crippen LogP contribution in [0.15, 0.2) is 12.4 Å². The molecule has 0 aromatic carbocycles. The van der Waals surface area contributed by atoms with Crippen LogP contribution in [0.1, 0.15) is 11.1 Å². The second kappa shape index (κ2) is 3.84. The Morgan fingerprint density at radius 3 is 1.94 bits per heavy atom. The van der Waals surface area contributed by atoms with Crippen molar-refractivity contribution in [1.82, 2.24) is 4.98 Å². The molecule has 8 heteroatoms. The van der Waals surface area contributed by atoms with Crippen molar-refractivity contribution in [3.8, 4) is 5.75 Å². The number of pyridine rings is 1. The van der Waals surface area contributed by atoms with Gasteiger partial charge in [-0.25, -0.2) is 0 Å². The Labute approximate surface area is 85.9 Å². The summed E-state index contributed by atoms with van der Waals surface area (Å²) in [6.45, 7) is 0. The van der Waals surface area contributed by atoms with Gasteiger partial charge < -0.3 is 4.74 Å². The number of rotatable bonds is 1. The van der Waals surface area contributed by atoms with Gasteiger partial charge in [0.05, 0.1) is 18.9 Å². The minimum absolute atomic E-state index is 0.116. The van der Waals surface area contributed by atoms with Gasteiger partial charge in [-0.2, -0.15) is 26.3 Å². The Morgan fingerprint density at radius 2 is 1.56 bits per heavy atom. The lowest BCUT2D eigenvalue weighted by Gasteiger charge is -2.17. The van der Waals surface area contributed by atoms with Crippen molar-refractivity contribution in [2.24, 2.45) is 0 Å². The third-order valence-electron chi connectivity index (χ3n) is 1.72. The highest BCUT2D eigenvalue weighted by molar-refractivity contribution is 5.40. The molecule has 0 amide bonds. The van der Waals surface area contributed by atoms with Gasteiger partial charge in [-0.1, -0.05) is 0 Å². The number of aromatic nitrogens is 1. The first kappa shape index (κ1) is 12.6. The first-order chi connectivity index (χ1) is 7.18. The standard InChI is InChI=1S/C8H5F6NO/c1-16-5-3-15-2-4(7(9,10)11)6(5)8(12,13)14/h2-3H,1H3. The van der Waals surface area contributed by atoms with Crippen LogP contribution in [0, 0.1) is 0 Å². The molecule has 90 valence electrons. The van der Waals surface area contributed by atoms with E-state index < -0.39 is 29.2 Å². The predicted molar refractivity (Wildman–Crippen MR) is 40.8 cm³/mol. The van der Waals surface area contributed by atoms with E-state index in [0.29, 0.717) is 6.20 Å². The van der Waals surface area contributed by atoms with E-state index in [9.17, 15) is 26.3 Å². The zero-order chi connectivity index (χ0) is 12.6. The first-order valence-electron chi connectivity index (χ1n) is 3.84. The Hall–Kier alpha value is -1.47. The lowest BCUT2D eigenvalue weighted by atomic mass is 10.1. The number of alkyl halides is 6. The van der Waals surface area contributed by atoms with E-state index in [0.717, 1.165) is 7.11 Å². The molecule has 0 fully saturated rings. The van der Waals surface area contributed by atoms with Crippen molar-refractivity contribution in [2.45, 2.75) is 12.4 Å². The van der Waals surface area contributed by atoms with Crippen LogP contribution in [0.3, 0.4) is 0 Å². The fourth-order valence-electron chi connectivity index (χ4n) is 1.10. The SMILES string of the molecule is COc1cncc(C(F)(F)F)c1C(F)(F)F. The predicted octanol–water partition coefficient (Wildman–Crippen LogP) is 3.13. The van der Waals surface area contributed by atoms with Crippen LogP contribution in [-0.4, -0.2) is 12.1 Å². The number of methoxy groups -OCH3 is 1. The molecule has 2 nitrogen and oxygen atoms in total. The Morgan fingerprint density at radius 1 is 1.00 bits per heavy atom. The number of halogens is 6. The van der Waals surface area contributed by atoms with Crippen LogP contribution in [0.5, 0.6) is 5.75 Å². The molecule has 16 heavy (non-hydrogen) atoms. The van der Waals surface area contributed by atoms with Gasteiger partial charge in [0.15, 0.2) is 0 Å². The van der Waals surface area contributed by atoms with E-state index in [1.54, 1.807) is 0 Å². The molecule has 0 radical (unpaired) electrons. The van der Waals surface area contributed by atoms with Gasteiger partial charge in [-0.15, -0.1) is 0 Å². The molecule has 1 aromatic heterocycles. The van der Waals surface area contributed by atoms with Crippen LogP contribution in [0.4, 0.5) is 26.3 Å². The molecule has 0 atom stereocenters. The summed E-state index contributed by atoms with van der Waals surface area (Å²) in [6, 6.07) is 0. The smallest absolute Gasteiger partial charge is 0.420 e. The molecule has 0 saturated carbocycles. The molecule has 0 aliphatic heterocycles. The zero-order valence-corrected chi connectivity index (χ0v) is 7.78. The van der Waals surface area contributed by atoms with Crippen molar-refractivity contribution in [3.63, 3.8) is 0 Å². The van der Waals surface area contributed by atoms with Crippen LogP contribution >= 0.6 is 0 Å². The molecule has 0 spiro atoms. The molecule has 0 aliphatic carbocycles. The third kappa shape index (κ3) is 2.37. The zero-order valence-electron chi connectivity index (χ0n) is 7.78. The molecule has 0 saturated heterocycles. The molecule has 0 aliphatic rings. The van der Waals surface area contributed by atoms with E-state index >= 15 is 0 Å². The van der Waals surface area contributed by atoms with E-state index in [-0.39, 0.29) is 6.20 Å². The molecule has 1 heterocycles. The Bertz CT molecular complexity index is 383. The molecule has 0 bridgehead atoms. The topological polar surface area (TPSA) is 22.1 Å². The van der Waals surface area contributed by atoms with Gasteiger partial charge >= 0.3 is 12.4 Å². The fourth-order valence-corrected chi connectivity index (χ4v) is 1.10. The van der Waals surface area contributed by atoms with E-state index in [2.05, 4.69) is 9.72 Å². The summed E-state index contributed by atoms with van der Waals surface area (Å²) in [7, 11) is 0.840. The fraction of sp³-hybridized carbons (Fsp3) is 0.375. The van der Waals surface area contributed by atoms with Crippen molar-refractivity contribution in [2.75, 3.05) is 7.11 Å². The van der Waals surface area contributed by atoms with Gasteiger partial charge in [0, 0.05) is 6.20 Å². The Kier molecular flexibility index (Phi) is 3.02. The van der Waals surface area contributed by atoms with Crippen molar-refractivity contribution in [1.29, 1.82) is 0 Å². The number of hydrogen-bond acceptors (Lipinski definition) is 2. The maximum atomic E-state index is 12.4. The van der Waals surface area contributed by atoms with E-state index in [1.807, 2.05) is 0 Å². The summed E-state index contributed by atoms with van der Waals surface area (Å²) in [5.74, 6) is -0.956. The van der Waals surface area contributed by atoms with Crippen LogP contribution in [0.25, 0.3) is 0 Å². The van der Waals surface area contributed by atoms with Crippen LogP contribution in [0.2, 0.25) is 0 Å². The first-order valence-corrected chi connectivity index (χ1v) is 3.84. The van der Waals surface area contributed by atoms with Gasteiger partial charge in [0.2, 0.25) is 0 Å². The molecule has 1 aromatic rings. The maximum absolute atomic E-state index is 12.4. The summed E-state index contributed by atoms with van der Waals surface area (Å²) in [5, 5.41) is 0. The maximum Gasteiger partial charge on any atom is 0.420 e. The average Bonchev–Trinajstić information content (AvgIpc) is 2.13. The quantitative estimate of drug-likeness (QED) is 0.709. The minimum Gasteiger partial charge on any atom is -0.494 e. The molecule has 0 N–H and O–H groups in total. The summed E-state index contributed by atoms with van der Waals surface area (Å²) in [5.41, 5.74) is -3.73. The largest absolute Gasteiger partial charge is 0.494 e. The molecular weight excluding hydrogens is 240 g/mol. The second-order valence-electron chi connectivity index (χ2n) is 2.76. The highest BCUT2D eigenvalue weighted by Gasteiger charge is 2.45. The lowest BCUT2D eigenvalue weighted by Crippen LogP contribution is -2.18. The minimum atomic E-state index is -5.15. The van der Waals surface area contributed by atoms with Crippen LogP contribution < -0.4 is 4.74 Å². The van der Waals surface area contributed by atoms with E-state index in [4.69, 9.17) is 0 Å². The van der Waals surface area contributed by atoms with Crippen molar-refractivity contribution >= 4 is 0 Å². The number of hydrogen-bond donors (Lipinski definition) is 0.